The first kappa shape index (κ1) is 13.7. The molecule has 2 nitrogen and oxygen atoms in total. The van der Waals surface area contributed by atoms with Gasteiger partial charge in [-0.05, 0) is 37.9 Å². The second-order valence-corrected chi connectivity index (χ2v) is 5.90. The van der Waals surface area contributed by atoms with E-state index in [0.717, 1.165) is 32.1 Å². The van der Waals surface area contributed by atoms with Crippen molar-refractivity contribution in [1.29, 1.82) is 0 Å². The highest BCUT2D eigenvalue weighted by Crippen LogP contribution is 2.22. The van der Waals surface area contributed by atoms with Gasteiger partial charge in [-0.3, -0.25) is 0 Å². The van der Waals surface area contributed by atoms with Crippen LogP contribution in [0.4, 0.5) is 0 Å². The maximum atomic E-state index is 5.69. The van der Waals surface area contributed by atoms with E-state index >= 15 is 0 Å². The number of aryl methyl sites for hydroxylation is 1. The van der Waals surface area contributed by atoms with Crippen LogP contribution in [-0.4, -0.2) is 13.7 Å². The van der Waals surface area contributed by atoms with Gasteiger partial charge in [0.1, 0.15) is 0 Å². The fourth-order valence-corrected chi connectivity index (χ4v) is 2.55. The highest BCUT2D eigenvalue weighted by Gasteiger charge is 2.05. The van der Waals surface area contributed by atoms with Gasteiger partial charge in [0.15, 0.2) is 0 Å². The molecule has 0 fully saturated rings. The summed E-state index contributed by atoms with van der Waals surface area (Å²) in [4.78, 5) is 2.78. The lowest BCUT2D eigenvalue weighted by Gasteiger charge is -2.05. The summed E-state index contributed by atoms with van der Waals surface area (Å²) in [6.07, 6.45) is 1.15. The zero-order chi connectivity index (χ0) is 12.0. The predicted octanol–water partition coefficient (Wildman–Crippen LogP) is 3.34. The molecule has 0 spiro atoms. The Kier molecular flexibility index (Phi) is 6.03. The van der Waals surface area contributed by atoms with Gasteiger partial charge < -0.3 is 10.1 Å². The molecule has 1 N–H and O–H groups in total. The number of hydrogen-bond donors (Lipinski definition) is 1. The van der Waals surface area contributed by atoms with Gasteiger partial charge in [-0.25, -0.2) is 0 Å². The first-order valence-corrected chi connectivity index (χ1v) is 6.75. The van der Waals surface area contributed by atoms with Crippen molar-refractivity contribution in [3.8, 4) is 0 Å². The molecule has 92 valence electrons. The second-order valence-electron chi connectivity index (χ2n) is 4.56. The topological polar surface area (TPSA) is 21.3 Å². The summed E-state index contributed by atoms with van der Waals surface area (Å²) in [5.74, 6) is 0.725. The van der Waals surface area contributed by atoms with Crippen molar-refractivity contribution in [3.63, 3.8) is 0 Å². The summed E-state index contributed by atoms with van der Waals surface area (Å²) in [7, 11) is 1.98. The lowest BCUT2D eigenvalue weighted by Crippen LogP contribution is -2.03. The molecule has 0 atom stereocenters. The molecule has 1 rings (SSSR count). The SMILES string of the molecule is CNCc1cc(COCCC(C)C)c(C)s1. The van der Waals surface area contributed by atoms with Crippen LogP contribution in [0.15, 0.2) is 6.07 Å². The van der Waals surface area contributed by atoms with Crippen LogP contribution < -0.4 is 5.32 Å². The number of thiophene rings is 1. The Morgan fingerprint density at radius 3 is 2.81 bits per heavy atom. The van der Waals surface area contributed by atoms with E-state index < -0.39 is 0 Å². The second kappa shape index (κ2) is 7.05. The number of hydrogen-bond acceptors (Lipinski definition) is 3. The number of rotatable bonds is 7. The van der Waals surface area contributed by atoms with E-state index in [-0.39, 0.29) is 0 Å². The van der Waals surface area contributed by atoms with Gasteiger partial charge in [0.05, 0.1) is 6.61 Å². The summed E-state index contributed by atoms with van der Waals surface area (Å²) in [6, 6.07) is 2.26. The quantitative estimate of drug-likeness (QED) is 0.739. The Bertz CT molecular complexity index is 307. The molecule has 0 saturated heterocycles. The molecular formula is C13H23NOS. The Morgan fingerprint density at radius 2 is 2.19 bits per heavy atom. The molecular weight excluding hydrogens is 218 g/mol. The molecule has 0 saturated carbocycles. The van der Waals surface area contributed by atoms with Crippen LogP contribution in [0.1, 0.15) is 35.6 Å². The van der Waals surface area contributed by atoms with E-state index in [0.29, 0.717) is 0 Å². The molecule has 1 heterocycles. The molecule has 0 aromatic carbocycles. The molecule has 0 radical (unpaired) electrons. The van der Waals surface area contributed by atoms with Crippen LogP contribution in [-0.2, 0) is 17.9 Å². The normalized spacial score (nSPS) is 11.3. The molecule has 0 aliphatic carbocycles. The van der Waals surface area contributed by atoms with Crippen molar-refractivity contribution in [2.45, 2.75) is 40.3 Å². The van der Waals surface area contributed by atoms with Gasteiger partial charge in [-0.15, -0.1) is 11.3 Å². The fraction of sp³-hybridized carbons (Fsp3) is 0.692. The van der Waals surface area contributed by atoms with Gasteiger partial charge in [0, 0.05) is 22.9 Å². The molecule has 1 aromatic rings. The Morgan fingerprint density at radius 1 is 1.44 bits per heavy atom. The van der Waals surface area contributed by atoms with Crippen molar-refractivity contribution in [3.05, 3.63) is 21.4 Å². The minimum Gasteiger partial charge on any atom is -0.377 e. The van der Waals surface area contributed by atoms with E-state index in [1.54, 1.807) is 0 Å². The van der Waals surface area contributed by atoms with Crippen LogP contribution in [0.3, 0.4) is 0 Å². The summed E-state index contributed by atoms with van der Waals surface area (Å²) in [5.41, 5.74) is 1.35. The van der Waals surface area contributed by atoms with E-state index in [4.69, 9.17) is 4.74 Å². The number of nitrogens with one attached hydrogen (secondary N) is 1. The number of ether oxygens (including phenoxy) is 1. The highest BCUT2D eigenvalue weighted by molar-refractivity contribution is 7.12. The van der Waals surface area contributed by atoms with Crippen LogP contribution in [0.25, 0.3) is 0 Å². The summed E-state index contributed by atoms with van der Waals surface area (Å²) < 4.78 is 5.69. The molecule has 16 heavy (non-hydrogen) atoms. The van der Waals surface area contributed by atoms with Crippen molar-refractivity contribution in [2.75, 3.05) is 13.7 Å². The maximum Gasteiger partial charge on any atom is 0.0727 e. The van der Waals surface area contributed by atoms with Gasteiger partial charge in [0.2, 0.25) is 0 Å². The maximum absolute atomic E-state index is 5.69. The predicted molar refractivity (Wildman–Crippen MR) is 70.9 cm³/mol. The molecule has 0 aliphatic rings. The minimum absolute atomic E-state index is 0.725. The minimum atomic E-state index is 0.725. The van der Waals surface area contributed by atoms with E-state index in [1.807, 2.05) is 18.4 Å². The molecule has 0 bridgehead atoms. The highest BCUT2D eigenvalue weighted by atomic mass is 32.1. The molecule has 0 aliphatic heterocycles. The molecule has 1 aromatic heterocycles. The average molecular weight is 241 g/mol. The van der Waals surface area contributed by atoms with Crippen molar-refractivity contribution >= 4 is 11.3 Å². The van der Waals surface area contributed by atoms with Crippen LogP contribution in [0.2, 0.25) is 0 Å². The van der Waals surface area contributed by atoms with E-state index in [1.165, 1.54) is 15.3 Å². The smallest absolute Gasteiger partial charge is 0.0727 e. The Labute approximate surface area is 103 Å². The van der Waals surface area contributed by atoms with Gasteiger partial charge in [-0.2, -0.15) is 0 Å². The molecule has 0 unspecified atom stereocenters. The summed E-state index contributed by atoms with van der Waals surface area (Å²) >= 11 is 1.86. The van der Waals surface area contributed by atoms with Crippen molar-refractivity contribution in [1.82, 2.24) is 5.32 Å². The van der Waals surface area contributed by atoms with Gasteiger partial charge in [-0.1, -0.05) is 13.8 Å². The standard InChI is InChI=1S/C13H23NOS/c1-10(2)5-6-15-9-12-7-13(8-14-4)16-11(12)3/h7,10,14H,5-6,8-9H2,1-4H3. The zero-order valence-corrected chi connectivity index (χ0v) is 11.6. The third kappa shape index (κ3) is 4.64. The first-order chi connectivity index (χ1) is 7.63. The van der Waals surface area contributed by atoms with Crippen LogP contribution >= 0.6 is 11.3 Å². The van der Waals surface area contributed by atoms with Gasteiger partial charge in [0.25, 0.3) is 0 Å². The first-order valence-electron chi connectivity index (χ1n) is 5.94. The fourth-order valence-electron chi connectivity index (χ4n) is 1.49. The Balaban J connectivity index is 2.35. The van der Waals surface area contributed by atoms with Crippen LogP contribution in [0, 0.1) is 12.8 Å². The Hall–Kier alpha value is -0.380. The monoisotopic (exact) mass is 241 g/mol. The summed E-state index contributed by atoms with van der Waals surface area (Å²) in [6.45, 7) is 9.21. The largest absolute Gasteiger partial charge is 0.377 e. The lowest BCUT2D eigenvalue weighted by atomic mass is 10.1. The third-order valence-electron chi connectivity index (χ3n) is 2.52. The van der Waals surface area contributed by atoms with Crippen molar-refractivity contribution in [2.24, 2.45) is 5.92 Å². The zero-order valence-electron chi connectivity index (χ0n) is 10.8. The van der Waals surface area contributed by atoms with E-state index in [9.17, 15) is 0 Å². The lowest BCUT2D eigenvalue weighted by molar-refractivity contribution is 0.110. The van der Waals surface area contributed by atoms with E-state index in [2.05, 4.69) is 32.2 Å². The average Bonchev–Trinajstić information content (AvgIpc) is 2.54. The van der Waals surface area contributed by atoms with Crippen molar-refractivity contribution < 1.29 is 4.74 Å². The molecule has 3 heteroatoms. The van der Waals surface area contributed by atoms with Crippen LogP contribution in [0.5, 0.6) is 0 Å². The van der Waals surface area contributed by atoms with Gasteiger partial charge >= 0.3 is 0 Å². The molecule has 0 amide bonds. The third-order valence-corrected chi connectivity index (χ3v) is 3.61. The summed E-state index contributed by atoms with van der Waals surface area (Å²) in [5, 5.41) is 3.18.